The molecule has 2 rings (SSSR count). The van der Waals surface area contributed by atoms with Crippen molar-refractivity contribution in [1.29, 1.82) is 5.41 Å². The van der Waals surface area contributed by atoms with E-state index in [4.69, 9.17) is 11.1 Å². The normalized spacial score (nSPS) is 10.2. The summed E-state index contributed by atoms with van der Waals surface area (Å²) < 4.78 is 0. The number of hydrogen-bond donors (Lipinski definition) is 2. The highest BCUT2D eigenvalue weighted by molar-refractivity contribution is 5.98. The zero-order valence-electron chi connectivity index (χ0n) is 11.1. The Morgan fingerprint density at radius 2 is 2.11 bits per heavy atom. The maximum Gasteiger partial charge on any atom is 0.143 e. The third-order valence-corrected chi connectivity index (χ3v) is 2.80. The minimum atomic E-state index is -0.0281. The summed E-state index contributed by atoms with van der Waals surface area (Å²) in [4.78, 5) is 10.6. The highest BCUT2D eigenvalue weighted by Crippen LogP contribution is 2.18. The number of amidine groups is 1. The number of aryl methyl sites for hydroxylation is 1. The molecule has 0 saturated carbocycles. The Bertz CT molecular complexity index is 594. The van der Waals surface area contributed by atoms with Crippen LogP contribution in [-0.2, 0) is 6.54 Å². The van der Waals surface area contributed by atoms with Crippen LogP contribution >= 0.6 is 0 Å². The van der Waals surface area contributed by atoms with Gasteiger partial charge in [0, 0.05) is 18.9 Å². The molecular formula is C14H17N5. The molecule has 0 aliphatic heterocycles. The van der Waals surface area contributed by atoms with Crippen LogP contribution in [0.4, 0.5) is 5.69 Å². The first-order valence-electron chi connectivity index (χ1n) is 6.01. The van der Waals surface area contributed by atoms with Crippen molar-refractivity contribution in [2.75, 3.05) is 11.9 Å². The monoisotopic (exact) mass is 255 g/mol. The summed E-state index contributed by atoms with van der Waals surface area (Å²) in [6, 6.07) is 9.67. The smallest absolute Gasteiger partial charge is 0.143 e. The molecule has 5 nitrogen and oxygen atoms in total. The van der Waals surface area contributed by atoms with E-state index in [0.717, 1.165) is 17.1 Å². The molecule has 0 aliphatic carbocycles. The Labute approximate surface area is 112 Å². The lowest BCUT2D eigenvalue weighted by Gasteiger charge is -2.21. The maximum atomic E-state index is 7.56. The number of nitrogens with zero attached hydrogens (tertiary/aromatic N) is 3. The molecule has 0 bridgehead atoms. The van der Waals surface area contributed by atoms with Gasteiger partial charge < -0.3 is 10.6 Å². The predicted molar refractivity (Wildman–Crippen MR) is 76.3 cm³/mol. The fourth-order valence-electron chi connectivity index (χ4n) is 1.93. The molecule has 19 heavy (non-hydrogen) atoms. The molecule has 0 radical (unpaired) electrons. The van der Waals surface area contributed by atoms with E-state index in [1.165, 1.54) is 0 Å². The largest absolute Gasteiger partial charge is 0.382 e. The number of anilines is 1. The van der Waals surface area contributed by atoms with Gasteiger partial charge in [0.05, 0.1) is 17.9 Å². The minimum absolute atomic E-state index is 0.0281. The second-order valence-electron chi connectivity index (χ2n) is 4.41. The van der Waals surface area contributed by atoms with Gasteiger partial charge in [-0.1, -0.05) is 6.07 Å². The lowest BCUT2D eigenvalue weighted by Crippen LogP contribution is -2.23. The Morgan fingerprint density at radius 1 is 1.32 bits per heavy atom. The van der Waals surface area contributed by atoms with Crippen LogP contribution in [0.25, 0.3) is 0 Å². The lowest BCUT2D eigenvalue weighted by atomic mass is 10.2. The average Bonchev–Trinajstić information content (AvgIpc) is 2.38. The zero-order chi connectivity index (χ0) is 13.8. The van der Waals surface area contributed by atoms with E-state index in [-0.39, 0.29) is 5.84 Å². The van der Waals surface area contributed by atoms with Gasteiger partial charge in [0.1, 0.15) is 11.5 Å². The Balaban J connectivity index is 2.25. The standard InChI is InChI=1S/C14H17N5/c1-10-5-3-6-11(18-10)9-19(2)12-7-4-8-17-13(12)14(15)16/h3-8H,9H2,1-2H3,(H3,15,16). The number of pyridine rings is 2. The number of nitrogen functional groups attached to an aromatic ring is 1. The van der Waals surface area contributed by atoms with Crippen molar-refractivity contribution in [1.82, 2.24) is 9.97 Å². The molecule has 0 saturated heterocycles. The van der Waals surface area contributed by atoms with Crippen LogP contribution in [0.2, 0.25) is 0 Å². The highest BCUT2D eigenvalue weighted by Gasteiger charge is 2.11. The van der Waals surface area contributed by atoms with Gasteiger partial charge in [0.25, 0.3) is 0 Å². The first kappa shape index (κ1) is 13.0. The van der Waals surface area contributed by atoms with Crippen LogP contribution in [-0.4, -0.2) is 22.9 Å². The van der Waals surface area contributed by atoms with Crippen LogP contribution in [0.3, 0.4) is 0 Å². The molecule has 3 N–H and O–H groups in total. The number of rotatable bonds is 4. The Morgan fingerprint density at radius 3 is 2.79 bits per heavy atom. The summed E-state index contributed by atoms with van der Waals surface area (Å²) in [5.74, 6) is -0.0281. The van der Waals surface area contributed by atoms with Gasteiger partial charge in [0.15, 0.2) is 0 Å². The number of hydrogen-bond acceptors (Lipinski definition) is 4. The Kier molecular flexibility index (Phi) is 3.75. The summed E-state index contributed by atoms with van der Waals surface area (Å²) in [5.41, 5.74) is 8.84. The average molecular weight is 255 g/mol. The van der Waals surface area contributed by atoms with Crippen molar-refractivity contribution >= 4 is 11.5 Å². The molecule has 0 aromatic carbocycles. The molecule has 0 atom stereocenters. The Hall–Kier alpha value is -2.43. The summed E-state index contributed by atoms with van der Waals surface area (Å²) in [7, 11) is 1.94. The van der Waals surface area contributed by atoms with E-state index in [1.807, 2.05) is 49.2 Å². The maximum absolute atomic E-state index is 7.56. The molecule has 5 heteroatoms. The summed E-state index contributed by atoms with van der Waals surface area (Å²) in [6.45, 7) is 2.61. The van der Waals surface area contributed by atoms with E-state index in [1.54, 1.807) is 6.20 Å². The quantitative estimate of drug-likeness (QED) is 0.644. The second kappa shape index (κ2) is 5.48. The van der Waals surface area contributed by atoms with Crippen molar-refractivity contribution < 1.29 is 0 Å². The fourth-order valence-corrected chi connectivity index (χ4v) is 1.93. The first-order valence-corrected chi connectivity index (χ1v) is 6.01. The van der Waals surface area contributed by atoms with Crippen molar-refractivity contribution in [2.24, 2.45) is 5.73 Å². The summed E-state index contributed by atoms with van der Waals surface area (Å²) in [5, 5.41) is 7.56. The highest BCUT2D eigenvalue weighted by atomic mass is 15.1. The van der Waals surface area contributed by atoms with Gasteiger partial charge in [-0.2, -0.15) is 0 Å². The van der Waals surface area contributed by atoms with Gasteiger partial charge in [-0.15, -0.1) is 0 Å². The van der Waals surface area contributed by atoms with Gasteiger partial charge in [0.2, 0.25) is 0 Å². The van der Waals surface area contributed by atoms with Gasteiger partial charge in [-0.3, -0.25) is 15.4 Å². The van der Waals surface area contributed by atoms with Gasteiger partial charge >= 0.3 is 0 Å². The fraction of sp³-hybridized carbons (Fsp3) is 0.214. The summed E-state index contributed by atoms with van der Waals surface area (Å²) in [6.07, 6.45) is 1.64. The van der Waals surface area contributed by atoms with Crippen molar-refractivity contribution in [3.05, 3.63) is 53.6 Å². The minimum Gasteiger partial charge on any atom is -0.382 e. The molecule has 2 aromatic rings. The summed E-state index contributed by atoms with van der Waals surface area (Å²) >= 11 is 0. The second-order valence-corrected chi connectivity index (χ2v) is 4.41. The zero-order valence-corrected chi connectivity index (χ0v) is 11.1. The van der Waals surface area contributed by atoms with Crippen LogP contribution in [0.5, 0.6) is 0 Å². The van der Waals surface area contributed by atoms with E-state index >= 15 is 0 Å². The van der Waals surface area contributed by atoms with Crippen molar-refractivity contribution in [3.63, 3.8) is 0 Å². The van der Waals surface area contributed by atoms with Crippen molar-refractivity contribution in [2.45, 2.75) is 13.5 Å². The number of aromatic nitrogens is 2. The topological polar surface area (TPSA) is 78.9 Å². The molecule has 0 aliphatic rings. The van der Waals surface area contributed by atoms with Crippen molar-refractivity contribution in [3.8, 4) is 0 Å². The third kappa shape index (κ3) is 3.07. The first-order chi connectivity index (χ1) is 9.08. The SMILES string of the molecule is Cc1cccc(CN(C)c2cccnc2C(=N)N)n1. The van der Waals surface area contributed by atoms with Gasteiger partial charge in [-0.25, -0.2) is 0 Å². The molecule has 0 amide bonds. The van der Waals surface area contributed by atoms with E-state index in [0.29, 0.717) is 12.2 Å². The molecule has 0 fully saturated rings. The van der Waals surface area contributed by atoms with Crippen LogP contribution in [0.1, 0.15) is 17.1 Å². The number of nitrogens with one attached hydrogen (secondary N) is 1. The van der Waals surface area contributed by atoms with Gasteiger partial charge in [-0.05, 0) is 31.2 Å². The van der Waals surface area contributed by atoms with Crippen LogP contribution in [0, 0.1) is 12.3 Å². The van der Waals surface area contributed by atoms with E-state index in [9.17, 15) is 0 Å². The lowest BCUT2D eigenvalue weighted by molar-refractivity contribution is 0.871. The predicted octanol–water partition coefficient (Wildman–Crippen LogP) is 1.71. The molecule has 0 unspecified atom stereocenters. The molecular weight excluding hydrogens is 238 g/mol. The van der Waals surface area contributed by atoms with Crippen LogP contribution in [0.15, 0.2) is 36.5 Å². The third-order valence-electron chi connectivity index (χ3n) is 2.80. The number of nitrogens with two attached hydrogens (primary N) is 1. The molecule has 2 heterocycles. The molecule has 98 valence electrons. The molecule has 0 spiro atoms. The van der Waals surface area contributed by atoms with E-state index < -0.39 is 0 Å². The van der Waals surface area contributed by atoms with Crippen LogP contribution < -0.4 is 10.6 Å². The van der Waals surface area contributed by atoms with E-state index in [2.05, 4.69) is 9.97 Å². The molecule has 2 aromatic heterocycles.